The molecule has 1 unspecified atom stereocenters. The van der Waals surface area contributed by atoms with Crippen molar-refractivity contribution in [1.29, 1.82) is 0 Å². The van der Waals surface area contributed by atoms with E-state index in [-0.39, 0.29) is 11.4 Å². The van der Waals surface area contributed by atoms with E-state index >= 15 is 0 Å². The predicted molar refractivity (Wildman–Crippen MR) is 124 cm³/mol. The molecule has 2 aromatic rings. The molecule has 0 fully saturated rings. The number of aliphatic hydroxyl groups excluding tert-OH is 1. The van der Waals surface area contributed by atoms with Crippen molar-refractivity contribution >= 4 is 17.4 Å². The number of ether oxygens (including phenoxy) is 2. The van der Waals surface area contributed by atoms with E-state index in [1.807, 2.05) is 24.3 Å². The first kappa shape index (κ1) is 23.4. The molecule has 170 valence electrons. The Balaban J connectivity index is 2.21. The average molecular weight is 438 g/mol. The van der Waals surface area contributed by atoms with Gasteiger partial charge < -0.3 is 14.6 Å². The molecule has 1 aliphatic heterocycles. The molecule has 0 aromatic heterocycles. The zero-order valence-corrected chi connectivity index (χ0v) is 19.7. The number of carbonyl (C=O) groups is 2. The Morgan fingerprint density at radius 3 is 2.09 bits per heavy atom. The summed E-state index contributed by atoms with van der Waals surface area (Å²) in [6, 6.07) is 12.1. The Hall–Kier alpha value is -3.28. The van der Waals surface area contributed by atoms with Gasteiger partial charge in [0.2, 0.25) is 0 Å². The number of amides is 1. The molecular weight excluding hydrogens is 406 g/mol. The van der Waals surface area contributed by atoms with Crippen LogP contribution in [-0.2, 0) is 9.59 Å². The van der Waals surface area contributed by atoms with Crippen LogP contribution in [0.5, 0.6) is 11.5 Å². The minimum Gasteiger partial charge on any atom is -0.503 e. The third-order valence-corrected chi connectivity index (χ3v) is 5.70. The van der Waals surface area contributed by atoms with Crippen molar-refractivity contribution in [3.63, 3.8) is 0 Å². The van der Waals surface area contributed by atoms with Gasteiger partial charge in [-0.1, -0.05) is 52.8 Å². The number of Topliss-reactive ketones (excluding diaryl/α,β-unsaturated/α-hetero) is 1. The van der Waals surface area contributed by atoms with Crippen LogP contribution in [0.1, 0.15) is 57.7 Å². The summed E-state index contributed by atoms with van der Waals surface area (Å²) in [5.41, 5.74) is 1.67. The van der Waals surface area contributed by atoms with Crippen LogP contribution in [0.15, 0.2) is 53.8 Å². The smallest absolute Gasteiger partial charge is 0.294 e. The van der Waals surface area contributed by atoms with Crippen molar-refractivity contribution in [1.82, 2.24) is 0 Å². The first-order chi connectivity index (χ1) is 15.0. The molecule has 0 saturated heterocycles. The van der Waals surface area contributed by atoms with Gasteiger partial charge in [-0.25, -0.2) is 0 Å². The summed E-state index contributed by atoms with van der Waals surface area (Å²) in [6.07, 6.45) is 0. The highest BCUT2D eigenvalue weighted by Gasteiger charge is 2.46. The molecule has 0 aliphatic carbocycles. The Bertz CT molecular complexity index is 1060. The zero-order chi connectivity index (χ0) is 23.8. The lowest BCUT2D eigenvalue weighted by molar-refractivity contribution is -0.123. The highest BCUT2D eigenvalue weighted by molar-refractivity contribution is 6.17. The summed E-state index contributed by atoms with van der Waals surface area (Å²) in [7, 11) is 3.07. The number of ketones is 1. The third kappa shape index (κ3) is 4.09. The minimum absolute atomic E-state index is 0.0858. The fraction of sp³-hybridized carbons (Fsp3) is 0.385. The second-order valence-corrected chi connectivity index (χ2v) is 9.28. The zero-order valence-electron chi connectivity index (χ0n) is 19.7. The summed E-state index contributed by atoms with van der Waals surface area (Å²) < 4.78 is 10.8. The maximum atomic E-state index is 13.4. The first-order valence-corrected chi connectivity index (χ1v) is 10.6. The maximum Gasteiger partial charge on any atom is 0.294 e. The number of hydrogen-bond donors (Lipinski definition) is 1. The van der Waals surface area contributed by atoms with E-state index in [1.165, 1.54) is 12.0 Å². The molecule has 3 rings (SSSR count). The quantitative estimate of drug-likeness (QED) is 0.660. The normalized spacial score (nSPS) is 16.7. The standard InChI is InChI=1S/C26H31NO5/c1-15(2)16-8-11-18(12-9-16)27-22(17-10-13-19(31-6)20(14-17)32-7)21(23(28)25(27)30)24(29)26(3,4)5/h8-15,22,28H,1-7H3. The van der Waals surface area contributed by atoms with Crippen molar-refractivity contribution in [2.45, 2.75) is 46.6 Å². The van der Waals surface area contributed by atoms with Crippen LogP contribution in [0.3, 0.4) is 0 Å². The molecule has 1 amide bonds. The molecule has 0 saturated carbocycles. The van der Waals surface area contributed by atoms with Gasteiger partial charge in [-0.2, -0.15) is 0 Å². The first-order valence-electron chi connectivity index (χ1n) is 10.6. The van der Waals surface area contributed by atoms with Crippen molar-refractivity contribution in [2.75, 3.05) is 19.1 Å². The van der Waals surface area contributed by atoms with Crippen LogP contribution in [-0.4, -0.2) is 31.0 Å². The van der Waals surface area contributed by atoms with Gasteiger partial charge in [-0.3, -0.25) is 14.5 Å². The average Bonchev–Trinajstić information content (AvgIpc) is 3.02. The van der Waals surface area contributed by atoms with Gasteiger partial charge >= 0.3 is 0 Å². The molecule has 1 aliphatic rings. The summed E-state index contributed by atoms with van der Waals surface area (Å²) in [6.45, 7) is 9.50. The van der Waals surface area contributed by atoms with Gasteiger partial charge in [0.15, 0.2) is 23.0 Å². The van der Waals surface area contributed by atoms with E-state index in [0.717, 1.165) is 5.56 Å². The minimum atomic E-state index is -0.793. The van der Waals surface area contributed by atoms with E-state index in [9.17, 15) is 14.7 Å². The monoisotopic (exact) mass is 437 g/mol. The van der Waals surface area contributed by atoms with E-state index in [2.05, 4.69) is 13.8 Å². The lowest BCUT2D eigenvalue weighted by Crippen LogP contribution is -2.32. The number of aliphatic hydroxyl groups is 1. The summed E-state index contributed by atoms with van der Waals surface area (Å²) in [5, 5.41) is 10.8. The van der Waals surface area contributed by atoms with Crippen LogP contribution in [0.25, 0.3) is 0 Å². The largest absolute Gasteiger partial charge is 0.503 e. The second-order valence-electron chi connectivity index (χ2n) is 9.28. The molecule has 1 N–H and O–H groups in total. The summed E-state index contributed by atoms with van der Waals surface area (Å²) in [4.78, 5) is 28.1. The highest BCUT2D eigenvalue weighted by Crippen LogP contribution is 2.45. The second kappa shape index (κ2) is 8.69. The number of anilines is 1. The lowest BCUT2D eigenvalue weighted by atomic mass is 9.82. The molecule has 0 bridgehead atoms. The van der Waals surface area contributed by atoms with Crippen LogP contribution in [0.2, 0.25) is 0 Å². The number of benzene rings is 2. The number of carbonyl (C=O) groups excluding carboxylic acids is 2. The SMILES string of the molecule is COc1ccc(C2C(C(=O)C(C)(C)C)=C(O)C(=O)N2c2ccc(C(C)C)cc2)cc1OC. The van der Waals surface area contributed by atoms with Gasteiger partial charge in [0.1, 0.15) is 0 Å². The van der Waals surface area contributed by atoms with E-state index in [4.69, 9.17) is 9.47 Å². The van der Waals surface area contributed by atoms with Gasteiger partial charge in [-0.05, 0) is 41.3 Å². The summed E-state index contributed by atoms with van der Waals surface area (Å²) in [5.74, 6) is -0.0619. The fourth-order valence-corrected chi connectivity index (χ4v) is 3.87. The van der Waals surface area contributed by atoms with Crippen LogP contribution in [0, 0.1) is 5.41 Å². The molecular formula is C26H31NO5. The van der Waals surface area contributed by atoms with E-state index < -0.39 is 23.1 Å². The van der Waals surface area contributed by atoms with Gasteiger partial charge in [0.25, 0.3) is 5.91 Å². The maximum absolute atomic E-state index is 13.4. The van der Waals surface area contributed by atoms with E-state index in [1.54, 1.807) is 46.1 Å². The topological polar surface area (TPSA) is 76.1 Å². The van der Waals surface area contributed by atoms with E-state index in [0.29, 0.717) is 28.7 Å². The Labute approximate surface area is 189 Å². The third-order valence-electron chi connectivity index (χ3n) is 5.70. The Morgan fingerprint density at radius 1 is 1.00 bits per heavy atom. The molecule has 32 heavy (non-hydrogen) atoms. The van der Waals surface area contributed by atoms with Crippen molar-refractivity contribution in [3.05, 3.63) is 64.9 Å². The Morgan fingerprint density at radius 2 is 1.59 bits per heavy atom. The molecule has 2 aromatic carbocycles. The van der Waals surface area contributed by atoms with Crippen molar-refractivity contribution in [3.8, 4) is 11.5 Å². The van der Waals surface area contributed by atoms with Gasteiger partial charge in [0, 0.05) is 11.1 Å². The molecule has 6 heteroatoms. The van der Waals surface area contributed by atoms with Gasteiger partial charge in [-0.15, -0.1) is 0 Å². The number of hydrogen-bond acceptors (Lipinski definition) is 5. The molecule has 0 spiro atoms. The lowest BCUT2D eigenvalue weighted by Gasteiger charge is -2.29. The molecule has 6 nitrogen and oxygen atoms in total. The number of nitrogens with zero attached hydrogens (tertiary/aromatic N) is 1. The van der Waals surface area contributed by atoms with Crippen LogP contribution in [0.4, 0.5) is 5.69 Å². The molecule has 0 radical (unpaired) electrons. The van der Waals surface area contributed by atoms with Gasteiger partial charge in [0.05, 0.1) is 25.8 Å². The molecule has 1 atom stereocenters. The van der Waals surface area contributed by atoms with Crippen LogP contribution >= 0.6 is 0 Å². The predicted octanol–water partition coefficient (Wildman–Crippen LogP) is 5.34. The fourth-order valence-electron chi connectivity index (χ4n) is 3.87. The van der Waals surface area contributed by atoms with Crippen molar-refractivity contribution in [2.24, 2.45) is 5.41 Å². The molecule has 1 heterocycles. The number of methoxy groups -OCH3 is 2. The highest BCUT2D eigenvalue weighted by atomic mass is 16.5. The summed E-state index contributed by atoms with van der Waals surface area (Å²) >= 11 is 0. The van der Waals surface area contributed by atoms with Crippen molar-refractivity contribution < 1.29 is 24.2 Å². The van der Waals surface area contributed by atoms with Crippen LogP contribution < -0.4 is 14.4 Å². The Kier molecular flexibility index (Phi) is 6.35. The number of rotatable bonds is 6.